The minimum atomic E-state index is -1.12. The third kappa shape index (κ3) is 2.09. The largest absolute Gasteiger partial charge is 0.201 e. The van der Waals surface area contributed by atoms with Crippen molar-refractivity contribution in [2.45, 2.75) is 13.0 Å². The lowest BCUT2D eigenvalue weighted by Crippen LogP contribution is -2.02. The number of rotatable bonds is 1. The second-order valence-corrected chi connectivity index (χ2v) is 3.88. The average molecular weight is 108 g/mol. The molecule has 0 heterocycles. The van der Waals surface area contributed by atoms with Crippen LogP contribution in [0, 0.1) is 23.9 Å². The van der Waals surface area contributed by atoms with E-state index in [1.807, 2.05) is 6.92 Å². The first-order valence-electron chi connectivity index (χ1n) is 2.27. The van der Waals surface area contributed by atoms with Crippen molar-refractivity contribution in [3.05, 3.63) is 0 Å². The predicted octanol–water partition coefficient (Wildman–Crippen LogP) is 0.578. The molecule has 0 amide bonds. The van der Waals surface area contributed by atoms with Crippen LogP contribution in [0.4, 0.5) is 0 Å². The van der Waals surface area contributed by atoms with Gasteiger partial charge in [0.05, 0.1) is 0 Å². The average Bonchev–Trinajstić information content (AvgIpc) is 1.72. The molecule has 0 spiro atoms. The molecule has 0 bridgehead atoms. The van der Waals surface area contributed by atoms with Crippen LogP contribution in [-0.4, -0.2) is 8.80 Å². The molecule has 0 aromatic rings. The molecule has 0 aliphatic heterocycles. The Hall–Kier alpha value is -0.663. The summed E-state index contributed by atoms with van der Waals surface area (Å²) in [5.74, 6) is 0. The molecule has 0 saturated carbocycles. The Morgan fingerprint density at radius 2 is 1.86 bits per heavy atom. The van der Waals surface area contributed by atoms with Crippen molar-refractivity contribution in [3.63, 3.8) is 0 Å². The summed E-state index contributed by atoms with van der Waals surface area (Å²) < 4.78 is 0. The van der Waals surface area contributed by atoms with Gasteiger partial charge in [0.25, 0.3) is 0 Å². The topological polar surface area (TPSA) is 0 Å². The second kappa shape index (κ2) is 3.52. The zero-order chi connectivity index (χ0) is 5.70. The smallest absolute Gasteiger partial charge is 0.126 e. The Morgan fingerprint density at radius 1 is 1.43 bits per heavy atom. The molecular formula is C6H8Si. The molecule has 0 atom stereocenters. The van der Waals surface area contributed by atoms with Gasteiger partial charge in [0.1, 0.15) is 0 Å². The number of hydrogen-bond donors (Lipinski definition) is 0. The van der Waals surface area contributed by atoms with E-state index >= 15 is 0 Å². The summed E-state index contributed by atoms with van der Waals surface area (Å²) in [7, 11) is -1.12. The molecule has 1 heteroatoms. The molecule has 0 aromatic heterocycles. The van der Waals surface area contributed by atoms with Crippen LogP contribution in [0.3, 0.4) is 0 Å². The predicted molar refractivity (Wildman–Crippen MR) is 35.3 cm³/mol. The Labute approximate surface area is 46.5 Å². The van der Waals surface area contributed by atoms with Gasteiger partial charge >= 0.3 is 0 Å². The van der Waals surface area contributed by atoms with Gasteiger partial charge in [-0.15, -0.1) is 23.9 Å². The highest BCUT2D eigenvalue weighted by Crippen LogP contribution is 1.83. The monoisotopic (exact) mass is 108 g/mol. The SMILES string of the molecule is C#C[SiH](C#C)CC. The van der Waals surface area contributed by atoms with Crippen LogP contribution in [-0.2, 0) is 0 Å². The maximum absolute atomic E-state index is 5.06. The third-order valence-electron chi connectivity index (χ3n) is 0.811. The van der Waals surface area contributed by atoms with E-state index in [0.717, 1.165) is 6.04 Å². The van der Waals surface area contributed by atoms with E-state index in [-0.39, 0.29) is 0 Å². The Kier molecular flexibility index (Phi) is 3.19. The summed E-state index contributed by atoms with van der Waals surface area (Å²) in [4.78, 5) is 0. The van der Waals surface area contributed by atoms with Crippen molar-refractivity contribution in [1.29, 1.82) is 0 Å². The first-order chi connectivity index (χ1) is 3.35. The quantitative estimate of drug-likeness (QED) is 0.340. The van der Waals surface area contributed by atoms with Crippen LogP contribution in [0.5, 0.6) is 0 Å². The lowest BCUT2D eigenvalue weighted by molar-refractivity contribution is 1.45. The molecule has 0 radical (unpaired) electrons. The normalized spacial score (nSPS) is 7.43. The molecule has 0 aliphatic rings. The zero-order valence-corrected chi connectivity index (χ0v) is 5.59. The van der Waals surface area contributed by atoms with Crippen LogP contribution in [0.1, 0.15) is 6.92 Å². The summed E-state index contributed by atoms with van der Waals surface area (Å²) in [6.07, 6.45) is 10.1. The Balaban J connectivity index is 3.50. The molecule has 0 nitrogen and oxygen atoms in total. The van der Waals surface area contributed by atoms with Crippen molar-refractivity contribution < 1.29 is 0 Å². The van der Waals surface area contributed by atoms with E-state index in [9.17, 15) is 0 Å². The fourth-order valence-electron chi connectivity index (χ4n) is 0.284. The fraction of sp³-hybridized carbons (Fsp3) is 0.333. The van der Waals surface area contributed by atoms with Gasteiger partial charge in [0.2, 0.25) is 8.80 Å². The molecule has 0 aliphatic carbocycles. The van der Waals surface area contributed by atoms with Crippen molar-refractivity contribution in [3.8, 4) is 23.9 Å². The summed E-state index contributed by atoms with van der Waals surface area (Å²) >= 11 is 0. The van der Waals surface area contributed by atoms with E-state index < -0.39 is 8.80 Å². The van der Waals surface area contributed by atoms with Crippen molar-refractivity contribution in [1.82, 2.24) is 0 Å². The van der Waals surface area contributed by atoms with E-state index in [1.54, 1.807) is 0 Å². The maximum atomic E-state index is 5.06. The number of terminal acetylenes is 2. The Morgan fingerprint density at radius 3 is 1.86 bits per heavy atom. The van der Waals surface area contributed by atoms with E-state index in [0.29, 0.717) is 0 Å². The highest BCUT2D eigenvalue weighted by Gasteiger charge is 1.94. The lowest BCUT2D eigenvalue weighted by Gasteiger charge is -1.87. The molecule has 0 unspecified atom stereocenters. The van der Waals surface area contributed by atoms with Gasteiger partial charge in [-0.1, -0.05) is 6.92 Å². The first-order valence-corrected chi connectivity index (χ1v) is 4.24. The van der Waals surface area contributed by atoms with Gasteiger partial charge in [-0.25, -0.2) is 0 Å². The van der Waals surface area contributed by atoms with Gasteiger partial charge in [-0.05, 0) is 6.04 Å². The van der Waals surface area contributed by atoms with Crippen LogP contribution in [0.2, 0.25) is 6.04 Å². The summed E-state index contributed by atoms with van der Waals surface area (Å²) in [5, 5.41) is 0. The second-order valence-electron chi connectivity index (χ2n) is 1.29. The molecule has 0 saturated heterocycles. The molecule has 0 N–H and O–H groups in total. The van der Waals surface area contributed by atoms with Gasteiger partial charge in [0, 0.05) is 0 Å². The van der Waals surface area contributed by atoms with Crippen LogP contribution >= 0.6 is 0 Å². The van der Waals surface area contributed by atoms with E-state index in [1.165, 1.54) is 0 Å². The van der Waals surface area contributed by atoms with Gasteiger partial charge < -0.3 is 0 Å². The lowest BCUT2D eigenvalue weighted by atomic mass is 11.0. The molecule has 36 valence electrons. The van der Waals surface area contributed by atoms with Crippen LogP contribution in [0.25, 0.3) is 0 Å². The Bertz CT molecular complexity index is 99.1. The molecule has 0 fully saturated rings. The van der Waals surface area contributed by atoms with Crippen LogP contribution in [0.15, 0.2) is 0 Å². The van der Waals surface area contributed by atoms with Gasteiger partial charge in [-0.3, -0.25) is 0 Å². The summed E-state index contributed by atoms with van der Waals surface area (Å²) in [5.41, 5.74) is 5.21. The molecular weight excluding hydrogens is 100 g/mol. The van der Waals surface area contributed by atoms with E-state index in [2.05, 4.69) is 11.1 Å². The molecule has 7 heavy (non-hydrogen) atoms. The van der Waals surface area contributed by atoms with Crippen molar-refractivity contribution >= 4 is 8.80 Å². The maximum Gasteiger partial charge on any atom is 0.201 e. The van der Waals surface area contributed by atoms with Gasteiger partial charge in [0.15, 0.2) is 0 Å². The summed E-state index contributed by atoms with van der Waals surface area (Å²) in [6, 6.07) is 1.02. The highest BCUT2D eigenvalue weighted by atomic mass is 28.3. The van der Waals surface area contributed by atoms with Crippen molar-refractivity contribution in [2.24, 2.45) is 0 Å². The number of hydrogen-bond acceptors (Lipinski definition) is 0. The van der Waals surface area contributed by atoms with Crippen LogP contribution < -0.4 is 0 Å². The fourth-order valence-corrected chi connectivity index (χ4v) is 0.851. The summed E-state index contributed by atoms with van der Waals surface area (Å²) in [6.45, 7) is 2.04. The van der Waals surface area contributed by atoms with Crippen molar-refractivity contribution in [2.75, 3.05) is 0 Å². The minimum absolute atomic E-state index is 1.02. The molecule has 0 rings (SSSR count). The van der Waals surface area contributed by atoms with E-state index in [4.69, 9.17) is 12.8 Å². The third-order valence-corrected chi connectivity index (χ3v) is 2.43. The van der Waals surface area contributed by atoms with Gasteiger partial charge in [-0.2, -0.15) is 0 Å². The molecule has 0 aromatic carbocycles. The first kappa shape index (κ1) is 6.34. The highest BCUT2D eigenvalue weighted by molar-refractivity contribution is 6.75. The zero-order valence-electron chi connectivity index (χ0n) is 4.44. The minimum Gasteiger partial charge on any atom is -0.126 e. The standard InChI is InChI=1S/C6H8Si/c1-4-7(5-2)6-3/h1-2,7H,6H2,3H3.